The van der Waals surface area contributed by atoms with Crippen LogP contribution in [0.5, 0.6) is 0 Å². The van der Waals surface area contributed by atoms with Gasteiger partial charge in [-0.05, 0) is 41.5 Å². The third-order valence-electron chi connectivity index (χ3n) is 8.06. The summed E-state index contributed by atoms with van der Waals surface area (Å²) in [4.78, 5) is 53.8. The van der Waals surface area contributed by atoms with Crippen molar-refractivity contribution in [2.75, 3.05) is 0 Å². The third-order valence-corrected chi connectivity index (χ3v) is 8.06. The number of carbonyl (C=O) groups excluding carboxylic acids is 4. The number of benzene rings is 3. The first-order valence-electron chi connectivity index (χ1n) is 15.5. The van der Waals surface area contributed by atoms with Crippen LogP contribution in [0.1, 0.15) is 57.6 Å². The molecule has 0 radical (unpaired) electrons. The molecular weight excluding hydrogens is 554 g/mol. The lowest BCUT2D eigenvalue weighted by Crippen LogP contribution is -2.55. The number of carbonyl (C=O) groups is 4. The lowest BCUT2D eigenvalue weighted by atomic mass is 9.94. The Bertz CT molecular complexity index is 1410. The summed E-state index contributed by atoms with van der Waals surface area (Å²) in [7, 11) is 0. The van der Waals surface area contributed by atoms with Crippen molar-refractivity contribution < 1.29 is 23.9 Å². The third kappa shape index (κ3) is 9.27. The smallest absolute Gasteiger partial charge is 0.329 e. The van der Waals surface area contributed by atoms with E-state index in [1.165, 1.54) is 0 Å². The zero-order valence-electron chi connectivity index (χ0n) is 25.8. The Kier molecular flexibility index (Phi) is 11.7. The number of cyclic esters (lactones) is 1. The maximum absolute atomic E-state index is 13.6. The van der Waals surface area contributed by atoms with E-state index in [2.05, 4.69) is 22.9 Å². The molecule has 1 fully saturated rings. The minimum Gasteiger partial charge on any atom is -0.460 e. The Balaban J connectivity index is 1.61. The van der Waals surface area contributed by atoms with Crippen LogP contribution < -0.4 is 16.0 Å². The largest absolute Gasteiger partial charge is 0.460 e. The maximum atomic E-state index is 13.6. The highest BCUT2D eigenvalue weighted by Crippen LogP contribution is 2.22. The molecule has 1 unspecified atom stereocenters. The SMILES string of the molecule is CCCC[C@H](C)[C@@H]1CC(=O)N[C@@H](Cc2cccc(-c3ccccc3)c2)C(=O)N[C@H](C)C(=O)NC(Cc2ccccc2)C(=O)O1. The summed E-state index contributed by atoms with van der Waals surface area (Å²) >= 11 is 0. The van der Waals surface area contributed by atoms with Crippen LogP contribution in [0.3, 0.4) is 0 Å². The lowest BCUT2D eigenvalue weighted by molar-refractivity contribution is -0.157. The van der Waals surface area contributed by atoms with Crippen LogP contribution in [0.15, 0.2) is 84.9 Å². The molecule has 4 rings (SSSR count). The first-order chi connectivity index (χ1) is 21.2. The van der Waals surface area contributed by atoms with Gasteiger partial charge >= 0.3 is 5.97 Å². The molecule has 3 N–H and O–H groups in total. The van der Waals surface area contributed by atoms with E-state index in [0.29, 0.717) is 0 Å². The molecule has 5 atom stereocenters. The number of rotatable bonds is 9. The molecule has 3 amide bonds. The van der Waals surface area contributed by atoms with Gasteiger partial charge < -0.3 is 20.7 Å². The summed E-state index contributed by atoms with van der Waals surface area (Å²) < 4.78 is 5.99. The Hall–Kier alpha value is -4.46. The van der Waals surface area contributed by atoms with Gasteiger partial charge in [-0.15, -0.1) is 0 Å². The zero-order chi connectivity index (χ0) is 31.5. The number of esters is 1. The van der Waals surface area contributed by atoms with E-state index in [1.807, 2.05) is 91.9 Å². The van der Waals surface area contributed by atoms with Crippen LogP contribution in [0.25, 0.3) is 11.1 Å². The number of amides is 3. The minimum absolute atomic E-state index is 0.0913. The van der Waals surface area contributed by atoms with Crippen molar-refractivity contribution in [2.45, 2.75) is 83.5 Å². The number of unbranched alkanes of at least 4 members (excludes halogenated alkanes) is 1. The van der Waals surface area contributed by atoms with Gasteiger partial charge in [0.05, 0.1) is 6.42 Å². The molecule has 0 aromatic heterocycles. The summed E-state index contributed by atoms with van der Waals surface area (Å²) in [6.07, 6.45) is 2.28. The number of ether oxygens (including phenoxy) is 1. The van der Waals surface area contributed by atoms with Gasteiger partial charge in [0, 0.05) is 12.8 Å². The van der Waals surface area contributed by atoms with E-state index < -0.39 is 47.9 Å². The summed E-state index contributed by atoms with van der Waals surface area (Å²) in [6, 6.07) is 24.2. The molecule has 1 aliphatic heterocycles. The zero-order valence-corrected chi connectivity index (χ0v) is 25.8. The number of nitrogens with one attached hydrogen (secondary N) is 3. The average molecular weight is 598 g/mol. The number of hydrogen-bond donors (Lipinski definition) is 3. The molecule has 1 aliphatic rings. The van der Waals surface area contributed by atoms with E-state index in [9.17, 15) is 19.2 Å². The molecule has 0 aliphatic carbocycles. The van der Waals surface area contributed by atoms with Crippen molar-refractivity contribution in [3.05, 3.63) is 96.1 Å². The van der Waals surface area contributed by atoms with Crippen LogP contribution >= 0.6 is 0 Å². The van der Waals surface area contributed by atoms with E-state index in [4.69, 9.17) is 4.74 Å². The molecule has 1 heterocycles. The summed E-state index contributed by atoms with van der Waals surface area (Å²) in [6.45, 7) is 5.60. The minimum atomic E-state index is -0.981. The fraction of sp³-hybridized carbons (Fsp3) is 0.389. The van der Waals surface area contributed by atoms with E-state index in [-0.39, 0.29) is 25.2 Å². The molecule has 8 nitrogen and oxygen atoms in total. The van der Waals surface area contributed by atoms with Crippen molar-refractivity contribution in [1.29, 1.82) is 0 Å². The van der Waals surface area contributed by atoms with Crippen molar-refractivity contribution in [3.8, 4) is 11.1 Å². The molecular formula is C36H43N3O5. The molecule has 8 heteroatoms. The standard InChI is InChI=1S/C36H43N3O5/c1-4-5-13-24(2)32-23-33(40)38-30(22-27-16-12-19-29(20-27)28-17-10-7-11-18-28)35(42)37-25(3)34(41)39-31(36(43)44-32)21-26-14-8-6-9-15-26/h6-12,14-20,24-25,30-32H,4-5,13,21-23H2,1-3H3,(H,37,42)(H,38,40)(H,39,41)/t24-,25+,30-,31?,32-/m0/s1. The second-order valence-electron chi connectivity index (χ2n) is 11.7. The Morgan fingerprint density at radius 3 is 2.09 bits per heavy atom. The Morgan fingerprint density at radius 1 is 0.750 bits per heavy atom. The van der Waals surface area contributed by atoms with Gasteiger partial charge in [-0.3, -0.25) is 14.4 Å². The summed E-state index contributed by atoms with van der Waals surface area (Å²) in [5.41, 5.74) is 3.74. The van der Waals surface area contributed by atoms with Crippen LogP contribution in [0.2, 0.25) is 0 Å². The van der Waals surface area contributed by atoms with E-state index in [0.717, 1.165) is 41.5 Å². The van der Waals surface area contributed by atoms with Crippen molar-refractivity contribution in [1.82, 2.24) is 16.0 Å². The summed E-state index contributed by atoms with van der Waals surface area (Å²) in [5.74, 6) is -2.08. The van der Waals surface area contributed by atoms with Crippen LogP contribution in [-0.2, 0) is 36.8 Å². The van der Waals surface area contributed by atoms with Gasteiger partial charge in [0.1, 0.15) is 24.2 Å². The van der Waals surface area contributed by atoms with Gasteiger partial charge in [-0.2, -0.15) is 0 Å². The molecule has 1 saturated heterocycles. The van der Waals surface area contributed by atoms with Crippen molar-refractivity contribution >= 4 is 23.7 Å². The van der Waals surface area contributed by atoms with Gasteiger partial charge in [0.2, 0.25) is 17.7 Å². The monoisotopic (exact) mass is 597 g/mol. The highest BCUT2D eigenvalue weighted by Gasteiger charge is 2.33. The predicted octanol–water partition coefficient (Wildman–Crippen LogP) is 4.75. The van der Waals surface area contributed by atoms with Crippen LogP contribution in [0, 0.1) is 5.92 Å². The number of hydrogen-bond acceptors (Lipinski definition) is 5. The van der Waals surface area contributed by atoms with Gasteiger partial charge in [0.15, 0.2) is 0 Å². The summed E-state index contributed by atoms with van der Waals surface area (Å²) in [5, 5.41) is 8.42. The quantitative estimate of drug-likeness (QED) is 0.308. The average Bonchev–Trinajstić information content (AvgIpc) is 3.03. The molecule has 44 heavy (non-hydrogen) atoms. The van der Waals surface area contributed by atoms with Crippen molar-refractivity contribution in [3.63, 3.8) is 0 Å². The Labute approximate surface area is 260 Å². The second-order valence-corrected chi connectivity index (χ2v) is 11.7. The molecule has 0 saturated carbocycles. The van der Waals surface area contributed by atoms with Gasteiger partial charge in [-0.1, -0.05) is 112 Å². The fourth-order valence-corrected chi connectivity index (χ4v) is 5.41. The first kappa shape index (κ1) is 32.5. The van der Waals surface area contributed by atoms with Crippen molar-refractivity contribution in [2.24, 2.45) is 5.92 Å². The van der Waals surface area contributed by atoms with E-state index in [1.54, 1.807) is 6.92 Å². The predicted molar refractivity (Wildman–Crippen MR) is 170 cm³/mol. The molecule has 232 valence electrons. The molecule has 3 aromatic carbocycles. The highest BCUT2D eigenvalue weighted by molar-refractivity contribution is 5.94. The first-order valence-corrected chi connectivity index (χ1v) is 15.5. The van der Waals surface area contributed by atoms with Crippen LogP contribution in [0.4, 0.5) is 0 Å². The van der Waals surface area contributed by atoms with Gasteiger partial charge in [0.25, 0.3) is 0 Å². The maximum Gasteiger partial charge on any atom is 0.329 e. The normalized spacial score (nSPS) is 22.2. The lowest BCUT2D eigenvalue weighted by Gasteiger charge is -2.27. The molecule has 0 bridgehead atoms. The second kappa shape index (κ2) is 15.8. The highest BCUT2D eigenvalue weighted by atomic mass is 16.5. The molecule has 0 spiro atoms. The fourth-order valence-electron chi connectivity index (χ4n) is 5.41. The van der Waals surface area contributed by atoms with Gasteiger partial charge in [-0.25, -0.2) is 4.79 Å². The van der Waals surface area contributed by atoms with E-state index >= 15 is 0 Å². The van der Waals surface area contributed by atoms with Crippen LogP contribution in [-0.4, -0.2) is 47.9 Å². The Morgan fingerprint density at radius 2 is 1.39 bits per heavy atom. The molecule has 3 aromatic rings. The topological polar surface area (TPSA) is 114 Å².